The molecule has 0 fully saturated rings. The van der Waals surface area contributed by atoms with Crippen molar-refractivity contribution >= 4 is 9.47 Å². The maximum atomic E-state index is 5.32. The molecule has 1 nitrogen and oxygen atoms in total. The fraction of sp³-hybridized carbons (Fsp3) is 0.667. The number of rotatable bonds is 1. The average Bonchev–Trinajstić information content (AvgIpc) is 2.03. The van der Waals surface area contributed by atoms with Gasteiger partial charge in [0.05, 0.1) is 5.60 Å². The van der Waals surface area contributed by atoms with Crippen LogP contribution < -0.4 is 0 Å². The lowest BCUT2D eigenvalue weighted by atomic mass is 9.89. The minimum atomic E-state index is -0.104. The van der Waals surface area contributed by atoms with E-state index in [-0.39, 0.29) is 5.60 Å². The summed E-state index contributed by atoms with van der Waals surface area (Å²) in [7, 11) is 2.34. The minimum absolute atomic E-state index is 0.104. The van der Waals surface area contributed by atoms with E-state index in [1.54, 1.807) is 0 Å². The molecule has 14 heavy (non-hydrogen) atoms. The van der Waals surface area contributed by atoms with E-state index in [1.807, 2.05) is 0 Å². The fourth-order valence-corrected chi connectivity index (χ4v) is 1.79. The standard InChI is InChI=1S/C9H15OP.C3H8/c1-7-4-8(2)6-9(3,5-7)10-11;1-3-2/h4-5H,6,11H2,1-3H3;3H2,1-2H3. The Morgan fingerprint density at radius 2 is 1.93 bits per heavy atom. The number of hydrogen-bond acceptors (Lipinski definition) is 1. The second kappa shape index (κ2) is 6.37. The van der Waals surface area contributed by atoms with Crippen LogP contribution in [0.3, 0.4) is 0 Å². The molecule has 0 heterocycles. The summed E-state index contributed by atoms with van der Waals surface area (Å²) in [6.45, 7) is 10.6. The molecule has 2 heteroatoms. The molecular formula is C12H23OP. The largest absolute Gasteiger partial charge is 0.355 e. The molecule has 0 spiro atoms. The predicted molar refractivity (Wildman–Crippen MR) is 67.3 cm³/mol. The Kier molecular flexibility index (Phi) is 6.31. The molecule has 0 saturated heterocycles. The van der Waals surface area contributed by atoms with E-state index < -0.39 is 0 Å². The highest BCUT2D eigenvalue weighted by atomic mass is 31.0. The molecule has 2 unspecified atom stereocenters. The van der Waals surface area contributed by atoms with Crippen LogP contribution in [0.15, 0.2) is 23.3 Å². The van der Waals surface area contributed by atoms with Crippen LogP contribution in [0, 0.1) is 0 Å². The van der Waals surface area contributed by atoms with Gasteiger partial charge in [0.25, 0.3) is 0 Å². The maximum absolute atomic E-state index is 5.32. The quantitative estimate of drug-likeness (QED) is 0.592. The second-order valence-electron chi connectivity index (χ2n) is 4.19. The third-order valence-electron chi connectivity index (χ3n) is 1.91. The third-order valence-corrected chi connectivity index (χ3v) is 2.44. The van der Waals surface area contributed by atoms with Crippen molar-refractivity contribution in [1.29, 1.82) is 0 Å². The van der Waals surface area contributed by atoms with Crippen molar-refractivity contribution in [3.8, 4) is 0 Å². The van der Waals surface area contributed by atoms with Gasteiger partial charge in [-0.05, 0) is 26.8 Å². The lowest BCUT2D eigenvalue weighted by molar-refractivity contribution is 0.170. The molecule has 1 aliphatic rings. The molecule has 0 radical (unpaired) electrons. The second-order valence-corrected chi connectivity index (χ2v) is 4.43. The van der Waals surface area contributed by atoms with Crippen molar-refractivity contribution in [1.82, 2.24) is 0 Å². The minimum Gasteiger partial charge on any atom is -0.355 e. The lowest BCUT2D eigenvalue weighted by Crippen LogP contribution is -2.24. The van der Waals surface area contributed by atoms with Gasteiger partial charge in [-0.1, -0.05) is 37.5 Å². The first-order valence-electron chi connectivity index (χ1n) is 5.22. The van der Waals surface area contributed by atoms with E-state index in [9.17, 15) is 0 Å². The van der Waals surface area contributed by atoms with E-state index in [1.165, 1.54) is 17.6 Å². The first-order chi connectivity index (χ1) is 6.47. The monoisotopic (exact) mass is 214 g/mol. The number of hydrogen-bond donors (Lipinski definition) is 0. The Balaban J connectivity index is 0.000000500. The molecular weight excluding hydrogens is 191 g/mol. The molecule has 0 N–H and O–H groups in total. The van der Waals surface area contributed by atoms with Gasteiger partial charge in [-0.25, -0.2) is 0 Å². The van der Waals surface area contributed by atoms with Crippen LogP contribution in [0.1, 0.15) is 47.5 Å². The van der Waals surface area contributed by atoms with Gasteiger partial charge in [-0.15, -0.1) is 0 Å². The molecule has 0 aromatic heterocycles. The van der Waals surface area contributed by atoms with Crippen LogP contribution in [0.4, 0.5) is 0 Å². The van der Waals surface area contributed by atoms with Gasteiger partial charge >= 0.3 is 0 Å². The van der Waals surface area contributed by atoms with Crippen LogP contribution in [0.25, 0.3) is 0 Å². The molecule has 0 bridgehead atoms. The highest BCUT2D eigenvalue weighted by molar-refractivity contribution is 7.09. The van der Waals surface area contributed by atoms with Crippen LogP contribution in [-0.4, -0.2) is 5.60 Å². The van der Waals surface area contributed by atoms with Gasteiger partial charge in [-0.2, -0.15) is 0 Å². The van der Waals surface area contributed by atoms with Gasteiger partial charge in [0.15, 0.2) is 0 Å². The molecule has 1 aliphatic carbocycles. The highest BCUT2D eigenvalue weighted by Gasteiger charge is 2.23. The zero-order chi connectivity index (χ0) is 11.2. The molecule has 82 valence electrons. The van der Waals surface area contributed by atoms with Gasteiger partial charge < -0.3 is 4.52 Å². The lowest BCUT2D eigenvalue weighted by Gasteiger charge is -2.28. The van der Waals surface area contributed by atoms with Gasteiger partial charge in [0.2, 0.25) is 0 Å². The average molecular weight is 214 g/mol. The Morgan fingerprint density at radius 3 is 2.29 bits per heavy atom. The summed E-state index contributed by atoms with van der Waals surface area (Å²) in [6, 6.07) is 0. The summed E-state index contributed by atoms with van der Waals surface area (Å²) in [4.78, 5) is 0. The summed E-state index contributed by atoms with van der Waals surface area (Å²) in [5.74, 6) is 0. The Bertz CT molecular complexity index is 230. The van der Waals surface area contributed by atoms with Crippen molar-refractivity contribution in [2.24, 2.45) is 0 Å². The summed E-state index contributed by atoms with van der Waals surface area (Å²) < 4.78 is 5.32. The topological polar surface area (TPSA) is 9.23 Å². The highest BCUT2D eigenvalue weighted by Crippen LogP contribution is 2.30. The normalized spacial score (nSPS) is 25.9. The van der Waals surface area contributed by atoms with Gasteiger partial charge in [-0.3, -0.25) is 0 Å². The van der Waals surface area contributed by atoms with E-state index in [2.05, 4.69) is 56.2 Å². The Morgan fingerprint density at radius 1 is 1.43 bits per heavy atom. The zero-order valence-corrected chi connectivity index (χ0v) is 11.2. The van der Waals surface area contributed by atoms with Crippen molar-refractivity contribution in [2.45, 2.75) is 53.1 Å². The van der Waals surface area contributed by atoms with Crippen molar-refractivity contribution in [3.63, 3.8) is 0 Å². The first-order valence-corrected chi connectivity index (χ1v) is 5.69. The molecule has 2 atom stereocenters. The maximum Gasteiger partial charge on any atom is 0.0912 e. The summed E-state index contributed by atoms with van der Waals surface area (Å²) in [5, 5.41) is 0. The van der Waals surface area contributed by atoms with Gasteiger partial charge in [0.1, 0.15) is 0 Å². The van der Waals surface area contributed by atoms with Crippen molar-refractivity contribution < 1.29 is 4.52 Å². The Hall–Kier alpha value is -0.130. The van der Waals surface area contributed by atoms with E-state index in [4.69, 9.17) is 4.52 Å². The zero-order valence-electron chi connectivity index (χ0n) is 10.1. The first kappa shape index (κ1) is 13.9. The van der Waals surface area contributed by atoms with Crippen molar-refractivity contribution in [3.05, 3.63) is 23.3 Å². The summed E-state index contributed by atoms with van der Waals surface area (Å²) >= 11 is 0. The SMILES string of the molecule is CC1=CC(C)(OP)CC(C)=C1.CCC. The molecule has 0 aromatic rings. The van der Waals surface area contributed by atoms with E-state index in [0.29, 0.717) is 0 Å². The molecule has 0 amide bonds. The Labute approximate surface area is 90.9 Å². The van der Waals surface area contributed by atoms with Crippen LogP contribution in [-0.2, 0) is 4.52 Å². The number of allylic oxidation sites excluding steroid dienone is 2. The third kappa shape index (κ3) is 4.93. The molecule has 0 aromatic carbocycles. The summed E-state index contributed by atoms with van der Waals surface area (Å²) in [6.07, 6.45) is 6.60. The fourth-order valence-electron chi connectivity index (χ4n) is 1.64. The molecule has 1 rings (SSSR count). The van der Waals surface area contributed by atoms with E-state index in [0.717, 1.165) is 6.42 Å². The van der Waals surface area contributed by atoms with Crippen molar-refractivity contribution in [2.75, 3.05) is 0 Å². The van der Waals surface area contributed by atoms with E-state index >= 15 is 0 Å². The van der Waals surface area contributed by atoms with Crippen LogP contribution >= 0.6 is 9.47 Å². The predicted octanol–water partition coefficient (Wildman–Crippen LogP) is 4.26. The summed E-state index contributed by atoms with van der Waals surface area (Å²) in [5.41, 5.74) is 2.57. The van der Waals surface area contributed by atoms with Gasteiger partial charge in [0, 0.05) is 15.9 Å². The van der Waals surface area contributed by atoms with Crippen LogP contribution in [0.5, 0.6) is 0 Å². The smallest absolute Gasteiger partial charge is 0.0912 e. The van der Waals surface area contributed by atoms with Crippen LogP contribution in [0.2, 0.25) is 0 Å². The molecule has 0 aliphatic heterocycles. The molecule has 0 saturated carbocycles.